The van der Waals surface area contributed by atoms with E-state index in [1.807, 2.05) is 0 Å². The first kappa shape index (κ1) is 15.4. The largest absolute Gasteiger partial charge is 0.359 e. The molecule has 0 spiro atoms. The molecular formula is C12H22N4O3. The quantitative estimate of drug-likeness (QED) is 0.645. The lowest BCUT2D eigenvalue weighted by Crippen LogP contribution is -2.42. The molecule has 3 N–H and O–H groups in total. The smallest absolute Gasteiger partial charge is 0.226 e. The number of hydrogen-bond acceptors (Lipinski definition) is 4. The summed E-state index contributed by atoms with van der Waals surface area (Å²) < 4.78 is 0. The van der Waals surface area contributed by atoms with Gasteiger partial charge in [0.25, 0.3) is 0 Å². The van der Waals surface area contributed by atoms with Gasteiger partial charge in [0.2, 0.25) is 17.7 Å². The van der Waals surface area contributed by atoms with Crippen LogP contribution in [0.5, 0.6) is 0 Å². The number of nitrogens with zero attached hydrogens (tertiary/aromatic N) is 2. The highest BCUT2D eigenvalue weighted by Gasteiger charge is 2.30. The molecule has 0 unspecified atom stereocenters. The molecule has 19 heavy (non-hydrogen) atoms. The van der Waals surface area contributed by atoms with Crippen molar-refractivity contribution in [1.82, 2.24) is 15.1 Å². The second kappa shape index (κ2) is 7.08. The van der Waals surface area contributed by atoms with Crippen molar-refractivity contribution >= 4 is 17.7 Å². The zero-order chi connectivity index (χ0) is 14.4. The average molecular weight is 270 g/mol. The predicted molar refractivity (Wildman–Crippen MR) is 70.1 cm³/mol. The Morgan fingerprint density at radius 1 is 1.21 bits per heavy atom. The summed E-state index contributed by atoms with van der Waals surface area (Å²) in [5.74, 6) is -0.694. The van der Waals surface area contributed by atoms with Crippen molar-refractivity contribution in [2.75, 3.05) is 39.8 Å². The van der Waals surface area contributed by atoms with Gasteiger partial charge in [-0.25, -0.2) is 0 Å². The lowest BCUT2D eigenvalue weighted by atomic mass is 10.1. The summed E-state index contributed by atoms with van der Waals surface area (Å²) in [6.45, 7) is 3.35. The molecule has 7 nitrogen and oxygen atoms in total. The normalized spacial score (nSPS) is 19.8. The number of hydrogen-bond donors (Lipinski definition) is 2. The minimum Gasteiger partial charge on any atom is -0.359 e. The van der Waals surface area contributed by atoms with Gasteiger partial charge in [-0.15, -0.1) is 0 Å². The molecule has 1 aliphatic rings. The molecule has 0 aromatic carbocycles. The first-order valence-electron chi connectivity index (χ1n) is 6.44. The Morgan fingerprint density at radius 2 is 1.79 bits per heavy atom. The number of carbonyl (C=O) groups is 3. The Kier molecular flexibility index (Phi) is 5.75. The summed E-state index contributed by atoms with van der Waals surface area (Å²) in [6.07, 6.45) is 0.264. The molecule has 0 aromatic heterocycles. The number of amides is 3. The molecule has 7 heteroatoms. The SMILES string of the molecule is CNC(=O)[C@@H]1CN(C(C)=O)CCN(C(=O)CCN)C1. The van der Waals surface area contributed by atoms with E-state index in [2.05, 4.69) is 5.32 Å². The Morgan fingerprint density at radius 3 is 2.32 bits per heavy atom. The summed E-state index contributed by atoms with van der Waals surface area (Å²) in [7, 11) is 1.55. The Bertz CT molecular complexity index is 359. The van der Waals surface area contributed by atoms with Crippen LogP contribution in [0.3, 0.4) is 0 Å². The first-order valence-corrected chi connectivity index (χ1v) is 6.44. The van der Waals surface area contributed by atoms with Crippen molar-refractivity contribution in [3.63, 3.8) is 0 Å². The maximum atomic E-state index is 11.9. The van der Waals surface area contributed by atoms with Crippen LogP contribution in [0, 0.1) is 5.92 Å². The van der Waals surface area contributed by atoms with Gasteiger partial charge in [-0.2, -0.15) is 0 Å². The average Bonchev–Trinajstić information content (AvgIpc) is 2.61. The van der Waals surface area contributed by atoms with Crippen LogP contribution in [-0.2, 0) is 14.4 Å². The minimum absolute atomic E-state index is 0.0678. The van der Waals surface area contributed by atoms with E-state index in [0.29, 0.717) is 26.2 Å². The van der Waals surface area contributed by atoms with Gasteiger partial charge >= 0.3 is 0 Å². The van der Waals surface area contributed by atoms with E-state index in [4.69, 9.17) is 5.73 Å². The molecule has 0 saturated carbocycles. The van der Waals surface area contributed by atoms with Crippen molar-refractivity contribution in [2.24, 2.45) is 11.7 Å². The summed E-state index contributed by atoms with van der Waals surface area (Å²) in [6, 6.07) is 0. The van der Waals surface area contributed by atoms with Gasteiger partial charge in [-0.3, -0.25) is 14.4 Å². The molecule has 1 fully saturated rings. The lowest BCUT2D eigenvalue weighted by molar-refractivity contribution is -0.132. The Balaban J connectivity index is 2.80. The standard InChI is InChI=1S/C12H22N4O3/c1-9(17)15-5-6-16(11(18)3-4-13)8-10(7-15)12(19)14-2/h10H,3-8,13H2,1-2H3,(H,14,19)/t10-/m1/s1. The number of rotatable bonds is 3. The van der Waals surface area contributed by atoms with Crippen LogP contribution < -0.4 is 11.1 Å². The van der Waals surface area contributed by atoms with Gasteiger partial charge in [-0.1, -0.05) is 0 Å². The molecule has 0 bridgehead atoms. The summed E-state index contributed by atoms with van der Waals surface area (Å²) >= 11 is 0. The van der Waals surface area contributed by atoms with Crippen LogP contribution in [0.4, 0.5) is 0 Å². The van der Waals surface area contributed by atoms with E-state index in [-0.39, 0.29) is 30.7 Å². The van der Waals surface area contributed by atoms with E-state index in [9.17, 15) is 14.4 Å². The molecule has 1 saturated heterocycles. The third kappa shape index (κ3) is 4.20. The van der Waals surface area contributed by atoms with Crippen molar-refractivity contribution in [2.45, 2.75) is 13.3 Å². The van der Waals surface area contributed by atoms with Gasteiger partial charge in [0, 0.05) is 53.1 Å². The number of carbonyl (C=O) groups excluding carboxylic acids is 3. The van der Waals surface area contributed by atoms with E-state index in [1.54, 1.807) is 16.8 Å². The van der Waals surface area contributed by atoms with Gasteiger partial charge in [0.15, 0.2) is 0 Å². The highest BCUT2D eigenvalue weighted by molar-refractivity contribution is 5.82. The second-order valence-electron chi connectivity index (χ2n) is 4.65. The monoisotopic (exact) mass is 270 g/mol. The topological polar surface area (TPSA) is 95.7 Å². The molecule has 1 rings (SSSR count). The van der Waals surface area contributed by atoms with Crippen LogP contribution in [0.2, 0.25) is 0 Å². The van der Waals surface area contributed by atoms with Crippen LogP contribution in [-0.4, -0.2) is 67.3 Å². The maximum absolute atomic E-state index is 11.9. The van der Waals surface area contributed by atoms with Crippen molar-refractivity contribution in [3.8, 4) is 0 Å². The van der Waals surface area contributed by atoms with E-state index in [1.165, 1.54) is 6.92 Å². The van der Waals surface area contributed by atoms with Crippen LogP contribution >= 0.6 is 0 Å². The van der Waals surface area contributed by atoms with Crippen LogP contribution in [0.15, 0.2) is 0 Å². The van der Waals surface area contributed by atoms with Crippen LogP contribution in [0.25, 0.3) is 0 Å². The molecule has 0 radical (unpaired) electrons. The van der Waals surface area contributed by atoms with E-state index in [0.717, 1.165) is 0 Å². The molecular weight excluding hydrogens is 248 g/mol. The van der Waals surface area contributed by atoms with Gasteiger partial charge in [-0.05, 0) is 0 Å². The highest BCUT2D eigenvalue weighted by atomic mass is 16.2. The molecule has 0 aromatic rings. The zero-order valence-electron chi connectivity index (χ0n) is 11.5. The fourth-order valence-corrected chi connectivity index (χ4v) is 2.18. The first-order chi connectivity index (χ1) is 8.99. The van der Waals surface area contributed by atoms with Crippen molar-refractivity contribution < 1.29 is 14.4 Å². The Labute approximate surface area is 113 Å². The van der Waals surface area contributed by atoms with E-state index < -0.39 is 5.92 Å². The highest BCUT2D eigenvalue weighted by Crippen LogP contribution is 2.11. The van der Waals surface area contributed by atoms with Crippen molar-refractivity contribution in [1.29, 1.82) is 0 Å². The molecule has 0 aliphatic carbocycles. The fourth-order valence-electron chi connectivity index (χ4n) is 2.18. The summed E-state index contributed by atoms with van der Waals surface area (Å²) in [5, 5.41) is 2.57. The van der Waals surface area contributed by atoms with Crippen LogP contribution in [0.1, 0.15) is 13.3 Å². The molecule has 1 heterocycles. The molecule has 1 aliphatic heterocycles. The summed E-state index contributed by atoms with van der Waals surface area (Å²) in [4.78, 5) is 38.4. The van der Waals surface area contributed by atoms with Gasteiger partial charge in [0.1, 0.15) is 0 Å². The summed E-state index contributed by atoms with van der Waals surface area (Å²) in [5.41, 5.74) is 5.38. The predicted octanol–water partition coefficient (Wildman–Crippen LogP) is -1.61. The fraction of sp³-hybridized carbons (Fsp3) is 0.750. The lowest BCUT2D eigenvalue weighted by Gasteiger charge is -2.23. The van der Waals surface area contributed by atoms with E-state index >= 15 is 0 Å². The van der Waals surface area contributed by atoms with Gasteiger partial charge in [0.05, 0.1) is 5.92 Å². The third-order valence-electron chi connectivity index (χ3n) is 3.29. The maximum Gasteiger partial charge on any atom is 0.226 e. The van der Waals surface area contributed by atoms with Crippen molar-refractivity contribution in [3.05, 3.63) is 0 Å². The number of nitrogens with two attached hydrogens (primary N) is 1. The Hall–Kier alpha value is -1.63. The molecule has 1 atom stereocenters. The minimum atomic E-state index is -0.391. The molecule has 3 amide bonds. The second-order valence-corrected chi connectivity index (χ2v) is 4.65. The van der Waals surface area contributed by atoms with Gasteiger partial charge < -0.3 is 20.9 Å². The number of nitrogens with one attached hydrogen (secondary N) is 1. The third-order valence-corrected chi connectivity index (χ3v) is 3.29. The molecule has 108 valence electrons. The zero-order valence-corrected chi connectivity index (χ0v) is 11.5.